The van der Waals surface area contributed by atoms with E-state index in [1.54, 1.807) is 15.8 Å². The maximum absolute atomic E-state index is 12.6. The molecule has 0 aromatic carbocycles. The van der Waals surface area contributed by atoms with E-state index in [0.717, 1.165) is 38.0 Å². The molecule has 2 unspecified atom stereocenters. The molecule has 0 bridgehead atoms. The second kappa shape index (κ2) is 8.48. The van der Waals surface area contributed by atoms with Crippen molar-refractivity contribution in [1.29, 1.82) is 0 Å². The Balaban J connectivity index is 0.00000208. The number of aryl methyl sites for hydroxylation is 1. The van der Waals surface area contributed by atoms with Gasteiger partial charge in [0.2, 0.25) is 11.8 Å². The van der Waals surface area contributed by atoms with E-state index in [-0.39, 0.29) is 24.2 Å². The number of anilines is 1. The Hall–Kier alpha value is -1.60. The summed E-state index contributed by atoms with van der Waals surface area (Å²) in [6, 6.07) is -0.404. The number of hydrogen-bond donors (Lipinski definition) is 2. The first-order chi connectivity index (χ1) is 11.1. The Morgan fingerprint density at radius 1 is 1.46 bits per heavy atom. The van der Waals surface area contributed by atoms with Crippen molar-refractivity contribution in [2.75, 3.05) is 24.5 Å². The zero-order valence-corrected chi connectivity index (χ0v) is 14.8. The van der Waals surface area contributed by atoms with E-state index in [0.29, 0.717) is 25.3 Å². The van der Waals surface area contributed by atoms with E-state index in [1.165, 1.54) is 0 Å². The molecule has 7 nitrogen and oxygen atoms in total. The summed E-state index contributed by atoms with van der Waals surface area (Å²) >= 11 is 0. The van der Waals surface area contributed by atoms with Gasteiger partial charge in [0, 0.05) is 26.2 Å². The van der Waals surface area contributed by atoms with Crippen molar-refractivity contribution < 1.29 is 9.59 Å². The van der Waals surface area contributed by atoms with E-state index < -0.39 is 6.04 Å². The quantitative estimate of drug-likeness (QED) is 0.820. The van der Waals surface area contributed by atoms with Crippen LogP contribution in [0.2, 0.25) is 0 Å². The standard InChI is InChI=1S/C16H25N5O2.ClH/c1-20-11-13(10-18-20)21-8-2-3-14(16(21)23)19-15(22)5-4-12-6-7-17-9-12;/h10-12,14,17H,2-9H2,1H3,(H,19,22);1H. The number of piperidine rings is 1. The van der Waals surface area contributed by atoms with Crippen molar-refractivity contribution in [1.82, 2.24) is 20.4 Å². The summed E-state index contributed by atoms with van der Waals surface area (Å²) in [7, 11) is 1.83. The second-order valence-corrected chi connectivity index (χ2v) is 6.52. The van der Waals surface area contributed by atoms with Crippen LogP contribution in [-0.4, -0.2) is 47.3 Å². The number of nitrogens with one attached hydrogen (secondary N) is 2. The first-order valence-corrected chi connectivity index (χ1v) is 8.43. The Bertz CT molecular complexity index is 571. The highest BCUT2D eigenvalue weighted by molar-refractivity contribution is 5.99. The fourth-order valence-electron chi connectivity index (χ4n) is 3.38. The minimum atomic E-state index is -0.404. The van der Waals surface area contributed by atoms with E-state index in [1.807, 2.05) is 13.2 Å². The smallest absolute Gasteiger partial charge is 0.249 e. The Morgan fingerprint density at radius 3 is 2.96 bits per heavy atom. The zero-order chi connectivity index (χ0) is 16.2. The molecule has 3 heterocycles. The summed E-state index contributed by atoms with van der Waals surface area (Å²) in [5.41, 5.74) is 0.800. The number of rotatable bonds is 5. The molecule has 3 rings (SSSR count). The fraction of sp³-hybridized carbons (Fsp3) is 0.688. The van der Waals surface area contributed by atoms with Crippen LogP contribution >= 0.6 is 12.4 Å². The summed E-state index contributed by atoms with van der Waals surface area (Å²) in [4.78, 5) is 26.5. The lowest BCUT2D eigenvalue weighted by atomic mass is 10.0. The number of carbonyl (C=O) groups is 2. The minimum absolute atomic E-state index is 0. The summed E-state index contributed by atoms with van der Waals surface area (Å²) in [6.45, 7) is 2.74. The van der Waals surface area contributed by atoms with Crippen molar-refractivity contribution in [2.45, 2.75) is 38.1 Å². The van der Waals surface area contributed by atoms with Gasteiger partial charge in [-0.2, -0.15) is 5.10 Å². The first-order valence-electron chi connectivity index (χ1n) is 8.43. The normalized spacial score (nSPS) is 23.9. The molecule has 134 valence electrons. The highest BCUT2D eigenvalue weighted by Gasteiger charge is 2.31. The topological polar surface area (TPSA) is 79.3 Å². The highest BCUT2D eigenvalue weighted by atomic mass is 35.5. The van der Waals surface area contributed by atoms with Crippen molar-refractivity contribution in [3.05, 3.63) is 12.4 Å². The molecule has 2 aliphatic rings. The van der Waals surface area contributed by atoms with Gasteiger partial charge in [0.15, 0.2) is 0 Å². The zero-order valence-electron chi connectivity index (χ0n) is 14.0. The average molecular weight is 356 g/mol. The van der Waals surface area contributed by atoms with E-state index >= 15 is 0 Å². The van der Waals surface area contributed by atoms with Gasteiger partial charge in [-0.05, 0) is 44.7 Å². The number of halogens is 1. The molecule has 2 atom stereocenters. The Labute approximate surface area is 148 Å². The van der Waals surface area contributed by atoms with Crippen molar-refractivity contribution in [3.8, 4) is 0 Å². The number of nitrogens with zero attached hydrogens (tertiary/aromatic N) is 3. The average Bonchev–Trinajstić information content (AvgIpc) is 3.19. The molecule has 2 saturated heterocycles. The maximum Gasteiger partial charge on any atom is 0.249 e. The molecular formula is C16H26ClN5O2. The van der Waals surface area contributed by atoms with Gasteiger partial charge < -0.3 is 15.5 Å². The van der Waals surface area contributed by atoms with E-state index in [4.69, 9.17) is 0 Å². The predicted molar refractivity (Wildman–Crippen MR) is 94.2 cm³/mol. The predicted octanol–water partition coefficient (Wildman–Crippen LogP) is 0.843. The molecular weight excluding hydrogens is 330 g/mol. The van der Waals surface area contributed by atoms with Crippen LogP contribution < -0.4 is 15.5 Å². The lowest BCUT2D eigenvalue weighted by molar-refractivity contribution is -0.128. The van der Waals surface area contributed by atoms with Crippen LogP contribution in [0.5, 0.6) is 0 Å². The number of carbonyl (C=O) groups excluding carboxylic acids is 2. The molecule has 8 heteroatoms. The van der Waals surface area contributed by atoms with Crippen LogP contribution in [0.15, 0.2) is 12.4 Å². The largest absolute Gasteiger partial charge is 0.344 e. The number of hydrogen-bond acceptors (Lipinski definition) is 4. The minimum Gasteiger partial charge on any atom is -0.344 e. The van der Waals surface area contributed by atoms with Gasteiger partial charge in [-0.1, -0.05) is 0 Å². The van der Waals surface area contributed by atoms with E-state index in [2.05, 4.69) is 15.7 Å². The van der Waals surface area contributed by atoms with Gasteiger partial charge in [0.25, 0.3) is 0 Å². The molecule has 0 aliphatic carbocycles. The molecule has 1 aromatic heterocycles. The lowest BCUT2D eigenvalue weighted by Crippen LogP contribution is -2.52. The van der Waals surface area contributed by atoms with Gasteiger partial charge in [-0.15, -0.1) is 12.4 Å². The molecule has 24 heavy (non-hydrogen) atoms. The highest BCUT2D eigenvalue weighted by Crippen LogP contribution is 2.20. The van der Waals surface area contributed by atoms with Gasteiger partial charge in [0.1, 0.15) is 6.04 Å². The molecule has 2 aliphatic heterocycles. The molecule has 0 saturated carbocycles. The summed E-state index contributed by atoms with van der Waals surface area (Å²) in [5.74, 6) is 0.554. The first kappa shape index (κ1) is 18.7. The van der Waals surface area contributed by atoms with E-state index in [9.17, 15) is 9.59 Å². The third kappa shape index (κ3) is 4.48. The monoisotopic (exact) mass is 355 g/mol. The van der Waals surface area contributed by atoms with Gasteiger partial charge in [0.05, 0.1) is 11.9 Å². The van der Waals surface area contributed by atoms with Crippen LogP contribution in [0, 0.1) is 5.92 Å². The van der Waals surface area contributed by atoms with Crippen LogP contribution in [0.25, 0.3) is 0 Å². The van der Waals surface area contributed by atoms with Crippen LogP contribution in [0.3, 0.4) is 0 Å². The summed E-state index contributed by atoms with van der Waals surface area (Å²) in [6.07, 6.45) is 7.66. The lowest BCUT2D eigenvalue weighted by Gasteiger charge is -2.31. The van der Waals surface area contributed by atoms with Crippen molar-refractivity contribution in [3.63, 3.8) is 0 Å². The third-order valence-corrected chi connectivity index (χ3v) is 4.72. The molecule has 2 fully saturated rings. The summed E-state index contributed by atoms with van der Waals surface area (Å²) in [5, 5.41) is 10.3. The van der Waals surface area contributed by atoms with Gasteiger partial charge in [-0.3, -0.25) is 14.3 Å². The van der Waals surface area contributed by atoms with Crippen molar-refractivity contribution in [2.24, 2.45) is 13.0 Å². The Morgan fingerprint density at radius 2 is 2.29 bits per heavy atom. The number of aromatic nitrogens is 2. The molecule has 2 N–H and O–H groups in total. The van der Waals surface area contributed by atoms with Crippen LogP contribution in [0.4, 0.5) is 5.69 Å². The second-order valence-electron chi connectivity index (χ2n) is 6.52. The van der Waals surface area contributed by atoms with Gasteiger partial charge >= 0.3 is 0 Å². The van der Waals surface area contributed by atoms with Crippen molar-refractivity contribution >= 4 is 29.9 Å². The third-order valence-electron chi connectivity index (χ3n) is 4.72. The maximum atomic E-state index is 12.6. The fourth-order valence-corrected chi connectivity index (χ4v) is 3.38. The molecule has 2 amide bonds. The SMILES string of the molecule is Cl.Cn1cc(N2CCCC(NC(=O)CCC3CCNC3)C2=O)cn1. The van der Waals surface area contributed by atoms with Gasteiger partial charge in [-0.25, -0.2) is 0 Å². The number of amides is 2. The summed E-state index contributed by atoms with van der Waals surface area (Å²) < 4.78 is 1.68. The van der Waals surface area contributed by atoms with Crippen LogP contribution in [-0.2, 0) is 16.6 Å². The molecule has 0 spiro atoms. The Kier molecular flexibility index (Phi) is 6.62. The molecule has 1 aromatic rings. The van der Waals surface area contributed by atoms with Crippen LogP contribution in [0.1, 0.15) is 32.1 Å². The molecule has 0 radical (unpaired) electrons.